The Morgan fingerprint density at radius 3 is 2.42 bits per heavy atom. The molecule has 1 aromatic carbocycles. The lowest BCUT2D eigenvalue weighted by Gasteiger charge is -2.21. The summed E-state index contributed by atoms with van der Waals surface area (Å²) in [5.41, 5.74) is -0.999. The minimum absolute atomic E-state index is 0.109. The van der Waals surface area contributed by atoms with E-state index in [9.17, 15) is 13.2 Å². The third-order valence-corrected chi connectivity index (χ3v) is 2.80. The molecule has 0 bridgehead atoms. The minimum atomic E-state index is -4.54. The molecule has 6 heteroatoms. The number of nitrogens with one attached hydrogen (secondary N) is 1. The van der Waals surface area contributed by atoms with Gasteiger partial charge in [-0.2, -0.15) is 18.4 Å². The number of aliphatic hydroxyl groups excluding tert-OH is 1. The maximum Gasteiger partial charge on any atom is 0.417 e. The molecule has 1 rings (SSSR count). The van der Waals surface area contributed by atoms with Crippen LogP contribution in [0.4, 0.5) is 18.9 Å². The highest BCUT2D eigenvalue weighted by Gasteiger charge is 2.33. The Bertz CT molecular complexity index is 478. The second-order valence-corrected chi connectivity index (χ2v) is 4.55. The highest BCUT2D eigenvalue weighted by Crippen LogP contribution is 2.33. The number of benzene rings is 1. The lowest BCUT2D eigenvalue weighted by Crippen LogP contribution is -2.29. The average molecular weight is 272 g/mol. The van der Waals surface area contributed by atoms with Gasteiger partial charge in [0.1, 0.15) is 0 Å². The van der Waals surface area contributed by atoms with Crippen LogP contribution in [-0.4, -0.2) is 17.8 Å². The van der Waals surface area contributed by atoms with Gasteiger partial charge in [0.25, 0.3) is 0 Å². The molecule has 0 aromatic heterocycles. The van der Waals surface area contributed by atoms with Gasteiger partial charge in [-0.25, -0.2) is 0 Å². The third-order valence-electron chi connectivity index (χ3n) is 2.80. The lowest BCUT2D eigenvalue weighted by atomic mass is 10.0. The number of hydrogen-bond acceptors (Lipinski definition) is 3. The van der Waals surface area contributed by atoms with E-state index in [-0.39, 0.29) is 18.6 Å². The van der Waals surface area contributed by atoms with E-state index < -0.39 is 17.3 Å². The first-order chi connectivity index (χ1) is 8.79. The van der Waals surface area contributed by atoms with Crippen LogP contribution < -0.4 is 5.32 Å². The van der Waals surface area contributed by atoms with Gasteiger partial charge in [0.15, 0.2) is 0 Å². The van der Waals surface area contributed by atoms with E-state index in [4.69, 9.17) is 10.4 Å². The van der Waals surface area contributed by atoms with Crippen LogP contribution in [0, 0.1) is 17.2 Å². The van der Waals surface area contributed by atoms with Gasteiger partial charge in [-0.3, -0.25) is 0 Å². The Kier molecular flexibility index (Phi) is 4.78. The van der Waals surface area contributed by atoms with Crippen LogP contribution in [0.1, 0.15) is 25.0 Å². The van der Waals surface area contributed by atoms with E-state index in [1.807, 2.05) is 13.8 Å². The second-order valence-electron chi connectivity index (χ2n) is 4.55. The number of halogens is 3. The summed E-state index contributed by atoms with van der Waals surface area (Å²) in [6.07, 6.45) is -4.54. The van der Waals surface area contributed by atoms with Gasteiger partial charge in [-0.1, -0.05) is 13.8 Å². The van der Waals surface area contributed by atoms with Crippen LogP contribution in [0.3, 0.4) is 0 Å². The Labute approximate surface area is 109 Å². The Hall–Kier alpha value is -1.74. The van der Waals surface area contributed by atoms with Crippen LogP contribution >= 0.6 is 0 Å². The second kappa shape index (κ2) is 5.93. The standard InChI is InChI=1S/C13H15F3N2O/c1-8(2)12(7-19)18-10-3-4-11(13(14,15)16)9(5-10)6-17/h3-5,8,12,18-19H,7H2,1-2H3. The zero-order valence-corrected chi connectivity index (χ0v) is 10.6. The summed E-state index contributed by atoms with van der Waals surface area (Å²) in [6.45, 7) is 3.62. The molecule has 2 N–H and O–H groups in total. The molecule has 0 aliphatic heterocycles. The van der Waals surface area contributed by atoms with Crippen molar-refractivity contribution in [2.45, 2.75) is 26.1 Å². The van der Waals surface area contributed by atoms with Crippen molar-refractivity contribution in [2.24, 2.45) is 5.92 Å². The van der Waals surface area contributed by atoms with E-state index in [2.05, 4.69) is 5.32 Å². The largest absolute Gasteiger partial charge is 0.417 e. The van der Waals surface area contributed by atoms with E-state index in [0.717, 1.165) is 12.1 Å². The minimum Gasteiger partial charge on any atom is -0.394 e. The SMILES string of the molecule is CC(C)C(CO)Nc1ccc(C(F)(F)F)c(C#N)c1. The summed E-state index contributed by atoms with van der Waals surface area (Å²) in [7, 11) is 0. The van der Waals surface area contributed by atoms with Crippen molar-refractivity contribution < 1.29 is 18.3 Å². The number of nitrogens with zero attached hydrogens (tertiary/aromatic N) is 1. The van der Waals surface area contributed by atoms with Crippen LogP contribution in [0.5, 0.6) is 0 Å². The smallest absolute Gasteiger partial charge is 0.394 e. The number of alkyl halides is 3. The maximum atomic E-state index is 12.6. The number of nitriles is 1. The molecule has 0 fully saturated rings. The molecule has 3 nitrogen and oxygen atoms in total. The van der Waals surface area contributed by atoms with E-state index in [1.54, 1.807) is 6.07 Å². The van der Waals surface area contributed by atoms with Crippen molar-refractivity contribution in [3.05, 3.63) is 29.3 Å². The van der Waals surface area contributed by atoms with Gasteiger partial charge < -0.3 is 10.4 Å². The third kappa shape index (κ3) is 3.86. The van der Waals surface area contributed by atoms with Crippen molar-refractivity contribution in [3.63, 3.8) is 0 Å². The van der Waals surface area contributed by atoms with Gasteiger partial charge in [0.05, 0.1) is 29.8 Å². The van der Waals surface area contributed by atoms with Crippen molar-refractivity contribution in [1.82, 2.24) is 0 Å². The quantitative estimate of drug-likeness (QED) is 0.885. The van der Waals surface area contributed by atoms with Crippen molar-refractivity contribution in [3.8, 4) is 6.07 Å². The summed E-state index contributed by atoms with van der Waals surface area (Å²) in [6, 6.07) is 4.54. The number of hydrogen-bond donors (Lipinski definition) is 2. The number of anilines is 1. The molecule has 0 radical (unpaired) electrons. The molecule has 0 saturated heterocycles. The molecule has 0 aliphatic carbocycles. The monoisotopic (exact) mass is 272 g/mol. The van der Waals surface area contributed by atoms with Gasteiger partial charge in [-0.15, -0.1) is 0 Å². The summed E-state index contributed by atoms with van der Waals surface area (Å²) in [5.74, 6) is 0.109. The fourth-order valence-electron chi connectivity index (χ4n) is 1.61. The maximum absolute atomic E-state index is 12.6. The highest BCUT2D eigenvalue weighted by atomic mass is 19.4. The summed E-state index contributed by atoms with van der Waals surface area (Å²) in [4.78, 5) is 0. The molecule has 104 valence electrons. The van der Waals surface area contributed by atoms with Crippen molar-refractivity contribution in [1.29, 1.82) is 5.26 Å². The topological polar surface area (TPSA) is 56.0 Å². The molecule has 19 heavy (non-hydrogen) atoms. The molecule has 0 heterocycles. The molecule has 0 spiro atoms. The average Bonchev–Trinajstić information content (AvgIpc) is 2.33. The van der Waals surface area contributed by atoms with Crippen molar-refractivity contribution in [2.75, 3.05) is 11.9 Å². The van der Waals surface area contributed by atoms with Crippen LogP contribution in [0.2, 0.25) is 0 Å². The zero-order chi connectivity index (χ0) is 14.6. The summed E-state index contributed by atoms with van der Waals surface area (Å²) in [5, 5.41) is 20.9. The Balaban J connectivity index is 3.05. The normalized spacial score (nSPS) is 13.2. The molecule has 0 aliphatic rings. The van der Waals surface area contributed by atoms with Crippen LogP contribution in [0.15, 0.2) is 18.2 Å². The van der Waals surface area contributed by atoms with Gasteiger partial charge in [0.2, 0.25) is 0 Å². The molecule has 0 amide bonds. The first-order valence-corrected chi connectivity index (χ1v) is 5.78. The zero-order valence-electron chi connectivity index (χ0n) is 10.6. The van der Waals surface area contributed by atoms with E-state index in [0.29, 0.717) is 5.69 Å². The lowest BCUT2D eigenvalue weighted by molar-refractivity contribution is -0.137. The molecule has 1 aromatic rings. The first-order valence-electron chi connectivity index (χ1n) is 5.78. The summed E-state index contributed by atoms with van der Waals surface area (Å²) >= 11 is 0. The van der Waals surface area contributed by atoms with Gasteiger partial charge in [0, 0.05) is 5.69 Å². The molecule has 0 saturated carbocycles. The Morgan fingerprint density at radius 1 is 1.37 bits per heavy atom. The first kappa shape index (κ1) is 15.3. The molecule has 1 unspecified atom stereocenters. The van der Waals surface area contributed by atoms with E-state index >= 15 is 0 Å². The van der Waals surface area contributed by atoms with E-state index in [1.165, 1.54) is 6.07 Å². The van der Waals surface area contributed by atoms with Crippen LogP contribution in [0.25, 0.3) is 0 Å². The Morgan fingerprint density at radius 2 is 2.00 bits per heavy atom. The van der Waals surface area contributed by atoms with Gasteiger partial charge >= 0.3 is 6.18 Å². The van der Waals surface area contributed by atoms with Crippen molar-refractivity contribution >= 4 is 5.69 Å². The molecular formula is C13H15F3N2O. The predicted molar refractivity (Wildman–Crippen MR) is 65.5 cm³/mol. The van der Waals surface area contributed by atoms with Gasteiger partial charge in [-0.05, 0) is 24.1 Å². The van der Waals surface area contributed by atoms with Crippen LogP contribution in [-0.2, 0) is 6.18 Å². The fraction of sp³-hybridized carbons (Fsp3) is 0.462. The fourth-order valence-corrected chi connectivity index (χ4v) is 1.61. The molecule has 1 atom stereocenters. The predicted octanol–water partition coefficient (Wildman–Crippen LogP) is 3.01. The number of aliphatic hydroxyl groups is 1. The summed E-state index contributed by atoms with van der Waals surface area (Å²) < 4.78 is 37.8. The number of rotatable bonds is 4. The molecular weight excluding hydrogens is 257 g/mol. The highest BCUT2D eigenvalue weighted by molar-refractivity contribution is 5.54.